The van der Waals surface area contributed by atoms with E-state index >= 15 is 0 Å². The van der Waals surface area contributed by atoms with Crippen LogP contribution in [0.3, 0.4) is 0 Å². The predicted octanol–water partition coefficient (Wildman–Crippen LogP) is 1.63. The average molecular weight is 478 g/mol. The van der Waals surface area contributed by atoms with Gasteiger partial charge in [-0.2, -0.15) is 0 Å². The second kappa shape index (κ2) is 12.9. The number of amides is 1. The Bertz CT molecular complexity index is 934. The molecule has 34 heavy (non-hydrogen) atoms. The molecule has 0 saturated carbocycles. The van der Waals surface area contributed by atoms with E-state index in [1.165, 1.54) is 20.8 Å². The molecule has 3 aromatic rings. The van der Waals surface area contributed by atoms with Crippen molar-refractivity contribution in [3.63, 3.8) is 0 Å². The van der Waals surface area contributed by atoms with Crippen molar-refractivity contribution in [1.29, 1.82) is 5.41 Å². The average Bonchev–Trinajstić information content (AvgIpc) is 2.87. The molecule has 0 atom stereocenters. The van der Waals surface area contributed by atoms with Crippen LogP contribution >= 0.6 is 7.26 Å². The molecular formula is C27H36N5OP. The van der Waals surface area contributed by atoms with E-state index in [0.717, 1.165) is 19.1 Å². The first-order valence-corrected chi connectivity index (χ1v) is 13.9. The summed E-state index contributed by atoms with van der Waals surface area (Å²) in [5.74, 6) is -0.251. The summed E-state index contributed by atoms with van der Waals surface area (Å²) < 4.78 is 0. The maximum atomic E-state index is 11.9. The van der Waals surface area contributed by atoms with Crippen molar-refractivity contribution in [1.82, 2.24) is 15.5 Å². The molecule has 3 aromatic carbocycles. The fourth-order valence-electron chi connectivity index (χ4n) is 4.35. The Labute approximate surface area is 203 Å². The number of rotatable bonds is 12. The quantitative estimate of drug-likeness (QED) is 0.138. The minimum atomic E-state index is -2.19. The van der Waals surface area contributed by atoms with Gasteiger partial charge in [0.15, 0.2) is 0 Å². The van der Waals surface area contributed by atoms with E-state index in [4.69, 9.17) is 11.1 Å². The van der Waals surface area contributed by atoms with Crippen molar-refractivity contribution in [3.05, 3.63) is 91.0 Å². The Morgan fingerprint density at radius 3 is 1.74 bits per heavy atom. The maximum absolute atomic E-state index is 11.9. The van der Waals surface area contributed by atoms with Crippen molar-refractivity contribution in [3.8, 4) is 0 Å². The molecule has 0 radical (unpaired) electrons. The van der Waals surface area contributed by atoms with Crippen molar-refractivity contribution in [2.24, 2.45) is 5.73 Å². The molecule has 0 unspecified atom stereocenters. The number of benzene rings is 3. The van der Waals surface area contributed by atoms with Gasteiger partial charge in [0.2, 0.25) is 0 Å². The first kappa shape index (κ1) is 25.4. The number of nitrogens with two attached hydrogens (primary N) is 1. The molecule has 1 amide bonds. The monoisotopic (exact) mass is 477 g/mol. The molecule has 7 heteroatoms. The standard InChI is InChI=1S/C27H36N5OP/c1-32(27(28)29)22-26(33)31-20-19-30-18-11-21-34(23-12-5-2-6-13-23,24-14-7-3-8-15-24)25-16-9-4-10-17-25/h2-10,12-17,30,34H,11,18-22H2,1H3,(H3,28,29)(H,31,33). The molecule has 0 saturated heterocycles. The number of nitrogens with zero attached hydrogens (tertiary/aromatic N) is 1. The van der Waals surface area contributed by atoms with Gasteiger partial charge in [-0.15, -0.1) is 0 Å². The Balaban J connectivity index is 1.65. The second-order valence-electron chi connectivity index (χ2n) is 8.45. The molecule has 0 aliphatic heterocycles. The summed E-state index contributed by atoms with van der Waals surface area (Å²) in [4.78, 5) is 13.3. The van der Waals surface area contributed by atoms with Crippen LogP contribution in [0, 0.1) is 5.41 Å². The molecule has 0 aromatic heterocycles. The predicted molar refractivity (Wildman–Crippen MR) is 146 cm³/mol. The molecule has 180 valence electrons. The normalized spacial score (nSPS) is 11.6. The third-order valence-corrected chi connectivity index (χ3v) is 11.2. The number of carbonyl (C=O) groups is 1. The molecule has 3 rings (SSSR count). The SMILES string of the molecule is CN(CC(=O)NCCNCCC[PH](c1ccccc1)(c1ccccc1)c1ccccc1)C(=N)N. The molecule has 0 bridgehead atoms. The number of likely N-dealkylation sites (N-methyl/N-ethyl adjacent to an activating group) is 1. The van der Waals surface area contributed by atoms with E-state index in [1.807, 2.05) is 0 Å². The van der Waals surface area contributed by atoms with Crippen LogP contribution in [0.15, 0.2) is 91.0 Å². The summed E-state index contributed by atoms with van der Waals surface area (Å²) in [7, 11) is -0.559. The first-order valence-electron chi connectivity index (χ1n) is 11.7. The third-order valence-electron chi connectivity index (χ3n) is 6.12. The van der Waals surface area contributed by atoms with E-state index in [1.54, 1.807) is 7.05 Å². The van der Waals surface area contributed by atoms with Crippen molar-refractivity contribution >= 4 is 35.0 Å². The van der Waals surface area contributed by atoms with Gasteiger partial charge in [0, 0.05) is 0 Å². The molecule has 0 heterocycles. The number of hydrogen-bond acceptors (Lipinski definition) is 3. The summed E-state index contributed by atoms with van der Waals surface area (Å²) >= 11 is 0. The van der Waals surface area contributed by atoms with E-state index < -0.39 is 7.26 Å². The molecule has 0 aliphatic carbocycles. The van der Waals surface area contributed by atoms with Gasteiger partial charge < -0.3 is 0 Å². The van der Waals surface area contributed by atoms with Gasteiger partial charge in [0.05, 0.1) is 0 Å². The molecular weight excluding hydrogens is 441 g/mol. The van der Waals surface area contributed by atoms with Gasteiger partial charge in [-0.25, -0.2) is 0 Å². The van der Waals surface area contributed by atoms with Gasteiger partial charge in [-0.3, -0.25) is 0 Å². The molecule has 6 nitrogen and oxygen atoms in total. The zero-order valence-electron chi connectivity index (χ0n) is 19.8. The van der Waals surface area contributed by atoms with Crippen LogP contribution in [0.4, 0.5) is 0 Å². The number of carbonyl (C=O) groups excluding carboxylic acids is 1. The van der Waals surface area contributed by atoms with E-state index in [2.05, 4.69) is 102 Å². The van der Waals surface area contributed by atoms with E-state index in [9.17, 15) is 4.79 Å². The number of hydrogen-bond donors (Lipinski definition) is 4. The Hall–Kier alpha value is -3.21. The van der Waals surface area contributed by atoms with Crippen LogP contribution < -0.4 is 32.3 Å². The Kier molecular flexibility index (Phi) is 9.62. The van der Waals surface area contributed by atoms with Gasteiger partial charge in [-0.05, 0) is 0 Å². The molecule has 0 aliphatic rings. The zero-order valence-corrected chi connectivity index (χ0v) is 20.8. The summed E-state index contributed by atoms with van der Waals surface area (Å²) in [5.41, 5.74) is 5.38. The molecule has 0 fully saturated rings. The van der Waals surface area contributed by atoms with Crippen molar-refractivity contribution in [2.75, 3.05) is 39.4 Å². The van der Waals surface area contributed by atoms with Gasteiger partial charge in [-0.1, -0.05) is 0 Å². The fraction of sp³-hybridized carbons (Fsp3) is 0.259. The minimum absolute atomic E-state index is 0.0919. The van der Waals surface area contributed by atoms with Crippen LogP contribution in [0.25, 0.3) is 0 Å². The van der Waals surface area contributed by atoms with E-state index in [0.29, 0.717) is 13.1 Å². The third kappa shape index (κ3) is 6.66. The summed E-state index contributed by atoms with van der Waals surface area (Å²) in [6.45, 7) is 2.22. The number of guanidine groups is 1. The summed E-state index contributed by atoms with van der Waals surface area (Å²) in [5, 5.41) is 17.9. The van der Waals surface area contributed by atoms with Gasteiger partial charge in [0.25, 0.3) is 0 Å². The Morgan fingerprint density at radius 2 is 1.29 bits per heavy atom. The van der Waals surface area contributed by atoms with Gasteiger partial charge >= 0.3 is 203 Å². The van der Waals surface area contributed by atoms with Crippen LogP contribution in [-0.4, -0.2) is 56.2 Å². The Morgan fingerprint density at radius 1 is 0.824 bits per heavy atom. The van der Waals surface area contributed by atoms with Gasteiger partial charge in [0.1, 0.15) is 0 Å². The van der Waals surface area contributed by atoms with Crippen LogP contribution in [0.2, 0.25) is 0 Å². The summed E-state index contributed by atoms with van der Waals surface area (Å²) in [6, 6.07) is 32.8. The van der Waals surface area contributed by atoms with Crippen LogP contribution in [-0.2, 0) is 4.79 Å². The van der Waals surface area contributed by atoms with Crippen LogP contribution in [0.1, 0.15) is 6.42 Å². The van der Waals surface area contributed by atoms with Crippen LogP contribution in [0.5, 0.6) is 0 Å². The zero-order chi connectivity index (χ0) is 24.2. The number of nitrogens with one attached hydrogen (secondary N) is 3. The first-order chi connectivity index (χ1) is 16.5. The second-order valence-corrected chi connectivity index (χ2v) is 12.5. The summed E-state index contributed by atoms with van der Waals surface area (Å²) in [6.07, 6.45) is 2.12. The fourth-order valence-corrected chi connectivity index (χ4v) is 9.21. The van der Waals surface area contributed by atoms with Crippen molar-refractivity contribution in [2.45, 2.75) is 6.42 Å². The molecule has 0 spiro atoms. The van der Waals surface area contributed by atoms with E-state index in [-0.39, 0.29) is 18.4 Å². The molecule has 5 N–H and O–H groups in total. The van der Waals surface area contributed by atoms with Crippen molar-refractivity contribution < 1.29 is 4.79 Å². The topological polar surface area (TPSA) is 94.2 Å².